The van der Waals surface area contributed by atoms with Crippen molar-refractivity contribution in [3.8, 4) is 5.69 Å². The fourth-order valence-electron chi connectivity index (χ4n) is 3.40. The fourth-order valence-corrected chi connectivity index (χ4v) is 3.40. The number of hydrogen-bond donors (Lipinski definition) is 1. The summed E-state index contributed by atoms with van der Waals surface area (Å²) in [6.07, 6.45) is 2.00. The summed E-state index contributed by atoms with van der Waals surface area (Å²) in [4.78, 5) is 2.36. The number of nitrogens with two attached hydrogens (primary N) is 1. The van der Waals surface area contributed by atoms with E-state index in [1.165, 1.54) is 5.56 Å². The Morgan fingerprint density at radius 2 is 1.64 bits per heavy atom. The summed E-state index contributed by atoms with van der Waals surface area (Å²) >= 11 is 0. The molecule has 25 heavy (non-hydrogen) atoms. The van der Waals surface area contributed by atoms with Crippen molar-refractivity contribution in [1.82, 2.24) is 19.9 Å². The number of nitrogens with zero attached hydrogens (tertiary/aromatic N) is 4. The molecule has 0 radical (unpaired) electrons. The molecule has 1 saturated heterocycles. The number of para-hydroxylation sites is 1. The van der Waals surface area contributed by atoms with Crippen LogP contribution in [0.4, 0.5) is 0 Å². The summed E-state index contributed by atoms with van der Waals surface area (Å²) in [5.74, 6) is 0.385. The Morgan fingerprint density at radius 1 is 0.960 bits per heavy atom. The average Bonchev–Trinajstić information content (AvgIpc) is 3.23. The lowest BCUT2D eigenvalue weighted by Crippen LogP contribution is -2.28. The Morgan fingerprint density at radius 3 is 2.36 bits per heavy atom. The maximum atomic E-state index is 6.37. The zero-order chi connectivity index (χ0) is 16.4. The molecule has 6 heteroatoms. The SMILES string of the molecule is Cl.N[C@@H]1CN(Cc2cn(-c3ccccc3)nn2)C[C@H]1c1ccccc1. The molecule has 1 aliphatic heterocycles. The second kappa shape index (κ2) is 7.78. The van der Waals surface area contributed by atoms with E-state index in [4.69, 9.17) is 5.73 Å². The molecule has 2 N–H and O–H groups in total. The van der Waals surface area contributed by atoms with Gasteiger partial charge in [-0.25, -0.2) is 4.68 Å². The van der Waals surface area contributed by atoms with Crippen LogP contribution in [-0.4, -0.2) is 39.0 Å². The van der Waals surface area contributed by atoms with Crippen molar-refractivity contribution in [3.05, 3.63) is 78.1 Å². The van der Waals surface area contributed by atoms with Gasteiger partial charge >= 0.3 is 0 Å². The molecule has 2 aromatic carbocycles. The molecular formula is C19H22ClN5. The summed E-state index contributed by atoms with van der Waals surface area (Å²) in [7, 11) is 0. The third-order valence-corrected chi connectivity index (χ3v) is 4.62. The number of benzene rings is 2. The lowest BCUT2D eigenvalue weighted by atomic mass is 9.95. The highest BCUT2D eigenvalue weighted by molar-refractivity contribution is 5.85. The molecule has 2 atom stereocenters. The van der Waals surface area contributed by atoms with E-state index in [0.717, 1.165) is 31.0 Å². The van der Waals surface area contributed by atoms with Crippen LogP contribution >= 0.6 is 12.4 Å². The van der Waals surface area contributed by atoms with Gasteiger partial charge in [0.05, 0.1) is 17.6 Å². The standard InChI is InChI=1S/C19H21N5.ClH/c20-19-14-23(13-18(19)15-7-3-1-4-8-15)11-16-12-24(22-21-16)17-9-5-2-6-10-17;/h1-10,12,18-19H,11,13-14,20H2;1H/t18-,19+;/m0./s1. The topological polar surface area (TPSA) is 60.0 Å². The van der Waals surface area contributed by atoms with E-state index in [9.17, 15) is 0 Å². The highest BCUT2D eigenvalue weighted by Gasteiger charge is 2.31. The monoisotopic (exact) mass is 355 g/mol. The van der Waals surface area contributed by atoms with Crippen molar-refractivity contribution in [2.45, 2.75) is 18.5 Å². The largest absolute Gasteiger partial charge is 0.326 e. The van der Waals surface area contributed by atoms with Crippen molar-refractivity contribution in [1.29, 1.82) is 0 Å². The molecule has 2 heterocycles. The quantitative estimate of drug-likeness (QED) is 0.781. The molecule has 0 amide bonds. The first-order chi connectivity index (χ1) is 11.8. The van der Waals surface area contributed by atoms with Gasteiger partial charge in [-0.05, 0) is 17.7 Å². The van der Waals surface area contributed by atoms with E-state index in [0.29, 0.717) is 5.92 Å². The van der Waals surface area contributed by atoms with Crippen LogP contribution < -0.4 is 5.73 Å². The van der Waals surface area contributed by atoms with E-state index in [-0.39, 0.29) is 18.4 Å². The van der Waals surface area contributed by atoms with Gasteiger partial charge in [0.25, 0.3) is 0 Å². The number of hydrogen-bond acceptors (Lipinski definition) is 4. The Balaban J connectivity index is 0.00000182. The highest BCUT2D eigenvalue weighted by atomic mass is 35.5. The summed E-state index contributed by atoms with van der Waals surface area (Å²) < 4.78 is 1.82. The number of rotatable bonds is 4. The third kappa shape index (κ3) is 3.90. The predicted molar refractivity (Wildman–Crippen MR) is 101 cm³/mol. The van der Waals surface area contributed by atoms with Crippen LogP contribution in [0.15, 0.2) is 66.9 Å². The Kier molecular flexibility index (Phi) is 5.48. The van der Waals surface area contributed by atoms with Crippen LogP contribution in [0, 0.1) is 0 Å². The van der Waals surface area contributed by atoms with E-state index >= 15 is 0 Å². The van der Waals surface area contributed by atoms with Gasteiger partial charge in [0.15, 0.2) is 0 Å². The second-order valence-electron chi connectivity index (χ2n) is 6.37. The van der Waals surface area contributed by atoms with Gasteiger partial charge in [0.2, 0.25) is 0 Å². The van der Waals surface area contributed by atoms with Crippen LogP contribution in [-0.2, 0) is 6.54 Å². The third-order valence-electron chi connectivity index (χ3n) is 4.62. The van der Waals surface area contributed by atoms with Gasteiger partial charge < -0.3 is 5.73 Å². The van der Waals surface area contributed by atoms with Crippen molar-refractivity contribution >= 4 is 12.4 Å². The first kappa shape index (κ1) is 17.6. The van der Waals surface area contributed by atoms with Gasteiger partial charge in [0.1, 0.15) is 0 Å². The van der Waals surface area contributed by atoms with Gasteiger partial charge in [-0.3, -0.25) is 4.90 Å². The normalized spacial score (nSPS) is 20.4. The van der Waals surface area contributed by atoms with Crippen LogP contribution in [0.25, 0.3) is 5.69 Å². The second-order valence-corrected chi connectivity index (χ2v) is 6.37. The minimum Gasteiger partial charge on any atom is -0.326 e. The van der Waals surface area contributed by atoms with Crippen molar-refractivity contribution in [3.63, 3.8) is 0 Å². The molecule has 3 aromatic rings. The maximum Gasteiger partial charge on any atom is 0.0971 e. The molecule has 0 spiro atoms. The Hall–Kier alpha value is -2.21. The van der Waals surface area contributed by atoms with Crippen molar-refractivity contribution in [2.24, 2.45) is 5.73 Å². The molecule has 1 aromatic heterocycles. The lowest BCUT2D eigenvalue weighted by Gasteiger charge is -2.14. The molecule has 130 valence electrons. The maximum absolute atomic E-state index is 6.37. The zero-order valence-corrected chi connectivity index (χ0v) is 14.7. The van der Waals surface area contributed by atoms with Gasteiger partial charge in [-0.15, -0.1) is 17.5 Å². The molecule has 0 saturated carbocycles. The highest BCUT2D eigenvalue weighted by Crippen LogP contribution is 2.27. The molecule has 4 rings (SSSR count). The number of halogens is 1. The van der Waals surface area contributed by atoms with Gasteiger partial charge in [-0.1, -0.05) is 53.7 Å². The molecule has 1 aliphatic rings. The average molecular weight is 356 g/mol. The van der Waals surface area contributed by atoms with Crippen LogP contribution in [0.2, 0.25) is 0 Å². The lowest BCUT2D eigenvalue weighted by molar-refractivity contribution is 0.319. The molecule has 5 nitrogen and oxygen atoms in total. The van der Waals surface area contributed by atoms with E-state index in [2.05, 4.69) is 39.5 Å². The molecule has 1 fully saturated rings. The van der Waals surface area contributed by atoms with Gasteiger partial charge in [0, 0.05) is 31.6 Å². The summed E-state index contributed by atoms with van der Waals surface area (Å²) in [5, 5.41) is 8.54. The molecule has 0 bridgehead atoms. The van der Waals surface area contributed by atoms with Crippen molar-refractivity contribution < 1.29 is 0 Å². The van der Waals surface area contributed by atoms with Gasteiger partial charge in [-0.2, -0.15) is 0 Å². The first-order valence-corrected chi connectivity index (χ1v) is 8.29. The zero-order valence-electron chi connectivity index (χ0n) is 13.9. The number of aromatic nitrogens is 3. The predicted octanol–water partition coefficient (Wildman–Crippen LogP) is 2.62. The summed E-state index contributed by atoms with van der Waals surface area (Å²) in [5.41, 5.74) is 9.68. The first-order valence-electron chi connectivity index (χ1n) is 8.29. The Labute approximate surface area is 153 Å². The minimum absolute atomic E-state index is 0. The van der Waals surface area contributed by atoms with E-state index in [1.807, 2.05) is 47.3 Å². The number of likely N-dealkylation sites (tertiary alicyclic amines) is 1. The molecule has 0 unspecified atom stereocenters. The molecule has 0 aliphatic carbocycles. The summed E-state index contributed by atoms with van der Waals surface area (Å²) in [6.45, 7) is 2.63. The van der Waals surface area contributed by atoms with E-state index in [1.54, 1.807) is 0 Å². The van der Waals surface area contributed by atoms with E-state index < -0.39 is 0 Å². The van der Waals surface area contributed by atoms with Crippen LogP contribution in [0.1, 0.15) is 17.2 Å². The molecular weight excluding hydrogens is 334 g/mol. The van der Waals surface area contributed by atoms with Crippen LogP contribution in [0.5, 0.6) is 0 Å². The van der Waals surface area contributed by atoms with Crippen LogP contribution in [0.3, 0.4) is 0 Å². The van der Waals surface area contributed by atoms with Crippen molar-refractivity contribution in [2.75, 3.05) is 13.1 Å². The smallest absolute Gasteiger partial charge is 0.0971 e. The summed E-state index contributed by atoms with van der Waals surface area (Å²) in [6, 6.07) is 20.7. The fraction of sp³-hybridized carbons (Fsp3) is 0.263. The Bertz CT molecular complexity index is 790. The minimum atomic E-state index is 0.